The number of thiazole rings is 1. The summed E-state index contributed by atoms with van der Waals surface area (Å²) in [6, 6.07) is 11.9. The van der Waals surface area contributed by atoms with Crippen LogP contribution in [0.4, 0.5) is 0 Å². The molecule has 0 saturated heterocycles. The molecule has 0 atom stereocenters. The highest BCUT2D eigenvalue weighted by Gasteiger charge is 2.12. The minimum absolute atomic E-state index is 0.0694. The number of carbonyl (C=O) groups is 3. The first-order chi connectivity index (χ1) is 13.9. The molecule has 3 rings (SSSR count). The lowest BCUT2D eigenvalue weighted by Crippen LogP contribution is -2.19. The molecule has 1 aromatic heterocycles. The fourth-order valence-corrected chi connectivity index (χ4v) is 3.82. The van der Waals surface area contributed by atoms with E-state index in [2.05, 4.69) is 4.99 Å². The van der Waals surface area contributed by atoms with Gasteiger partial charge in [-0.05, 0) is 31.2 Å². The zero-order valence-corrected chi connectivity index (χ0v) is 17.1. The van der Waals surface area contributed by atoms with Crippen LogP contribution in [-0.4, -0.2) is 36.4 Å². The molecule has 0 radical (unpaired) electrons. The van der Waals surface area contributed by atoms with Crippen molar-refractivity contribution in [1.82, 2.24) is 4.57 Å². The Hall–Kier alpha value is -3.26. The summed E-state index contributed by atoms with van der Waals surface area (Å²) in [6.07, 6.45) is 0.147. The summed E-state index contributed by atoms with van der Waals surface area (Å²) >= 11 is 1.35. The summed E-state index contributed by atoms with van der Waals surface area (Å²) in [5.41, 5.74) is 1.73. The van der Waals surface area contributed by atoms with E-state index < -0.39 is 5.91 Å². The molecule has 0 N–H and O–H groups in total. The third-order valence-electron chi connectivity index (χ3n) is 4.39. The minimum Gasteiger partial charge on any atom is -0.497 e. The van der Waals surface area contributed by atoms with Gasteiger partial charge in [-0.1, -0.05) is 23.5 Å². The molecule has 0 spiro atoms. The number of benzene rings is 2. The predicted octanol–water partition coefficient (Wildman–Crippen LogP) is 3.22. The van der Waals surface area contributed by atoms with Crippen molar-refractivity contribution < 1.29 is 23.9 Å². The fourth-order valence-electron chi connectivity index (χ4n) is 2.78. The standard InChI is InChI=1S/C21H20N2O5S/c1-13(24)14-4-6-15(7-5-14)20(26)22-21-23(11-10-19(25)28-3)17-12-16(27-2)8-9-18(17)29-21/h4-9,12H,10-11H2,1-3H3. The van der Waals surface area contributed by atoms with Crippen LogP contribution in [0, 0.1) is 0 Å². The van der Waals surface area contributed by atoms with Crippen molar-refractivity contribution in [3.63, 3.8) is 0 Å². The van der Waals surface area contributed by atoms with Crippen LogP contribution < -0.4 is 9.54 Å². The van der Waals surface area contributed by atoms with Gasteiger partial charge in [0.05, 0.1) is 30.9 Å². The number of rotatable bonds is 6. The van der Waals surface area contributed by atoms with Crippen LogP contribution in [0.5, 0.6) is 5.75 Å². The lowest BCUT2D eigenvalue weighted by molar-refractivity contribution is -0.140. The van der Waals surface area contributed by atoms with Crippen molar-refractivity contribution in [1.29, 1.82) is 0 Å². The molecule has 0 saturated carbocycles. The fraction of sp³-hybridized carbons (Fsp3) is 0.238. The van der Waals surface area contributed by atoms with Gasteiger partial charge in [0, 0.05) is 23.7 Å². The highest BCUT2D eigenvalue weighted by atomic mass is 32.1. The number of amides is 1. The number of carbonyl (C=O) groups excluding carboxylic acids is 3. The number of nitrogens with zero attached hydrogens (tertiary/aromatic N) is 2. The monoisotopic (exact) mass is 412 g/mol. The summed E-state index contributed by atoms with van der Waals surface area (Å²) in [4.78, 5) is 40.4. The van der Waals surface area contributed by atoms with Gasteiger partial charge >= 0.3 is 5.97 Å². The molecule has 1 amide bonds. The molecule has 150 valence electrons. The second-order valence-corrected chi connectivity index (χ2v) is 7.26. The van der Waals surface area contributed by atoms with Crippen LogP contribution >= 0.6 is 11.3 Å². The molecule has 3 aromatic rings. The molecular formula is C21H20N2O5S. The van der Waals surface area contributed by atoms with Gasteiger partial charge in [0.15, 0.2) is 10.6 Å². The zero-order chi connectivity index (χ0) is 21.0. The van der Waals surface area contributed by atoms with Gasteiger partial charge < -0.3 is 14.0 Å². The number of ether oxygens (including phenoxy) is 2. The van der Waals surface area contributed by atoms with E-state index in [0.29, 0.717) is 28.2 Å². The Morgan fingerprint density at radius 3 is 2.34 bits per heavy atom. The highest BCUT2D eigenvalue weighted by molar-refractivity contribution is 7.16. The average molecular weight is 412 g/mol. The SMILES string of the molecule is COC(=O)CCn1c(=NC(=O)c2ccc(C(C)=O)cc2)sc2ccc(OC)cc21. The van der Waals surface area contributed by atoms with Crippen molar-refractivity contribution in [3.05, 3.63) is 58.4 Å². The number of aromatic nitrogens is 1. The van der Waals surface area contributed by atoms with Crippen molar-refractivity contribution in [2.45, 2.75) is 19.9 Å². The van der Waals surface area contributed by atoms with E-state index in [1.165, 1.54) is 25.4 Å². The second-order valence-electron chi connectivity index (χ2n) is 6.25. The van der Waals surface area contributed by atoms with Crippen molar-refractivity contribution in [2.75, 3.05) is 14.2 Å². The molecule has 0 aliphatic rings. The molecule has 0 bridgehead atoms. The smallest absolute Gasteiger partial charge is 0.307 e. The molecule has 0 unspecified atom stereocenters. The van der Waals surface area contributed by atoms with Gasteiger partial charge in [-0.15, -0.1) is 0 Å². The summed E-state index contributed by atoms with van der Waals surface area (Å²) in [6.45, 7) is 1.78. The predicted molar refractivity (Wildman–Crippen MR) is 109 cm³/mol. The summed E-state index contributed by atoms with van der Waals surface area (Å²) in [5.74, 6) is -0.179. The van der Waals surface area contributed by atoms with Crippen LogP contribution in [0.3, 0.4) is 0 Å². The molecule has 29 heavy (non-hydrogen) atoms. The Kier molecular flexibility index (Phi) is 6.23. The van der Waals surface area contributed by atoms with Crippen LogP contribution in [0.15, 0.2) is 47.5 Å². The molecule has 0 aliphatic carbocycles. The third-order valence-corrected chi connectivity index (χ3v) is 5.45. The van der Waals surface area contributed by atoms with Crippen LogP contribution in [0.25, 0.3) is 10.2 Å². The summed E-state index contributed by atoms with van der Waals surface area (Å²) in [5, 5.41) is 0. The molecule has 0 fully saturated rings. The maximum atomic E-state index is 12.7. The number of fused-ring (bicyclic) bond motifs is 1. The van der Waals surface area contributed by atoms with Crippen molar-refractivity contribution in [2.24, 2.45) is 4.99 Å². The molecule has 8 heteroatoms. The Morgan fingerprint density at radius 1 is 1.03 bits per heavy atom. The normalized spacial score (nSPS) is 11.5. The molecule has 7 nitrogen and oxygen atoms in total. The second kappa shape index (κ2) is 8.83. The Bertz CT molecular complexity index is 1140. The lowest BCUT2D eigenvalue weighted by atomic mass is 10.1. The van der Waals surface area contributed by atoms with Crippen molar-refractivity contribution >= 4 is 39.2 Å². The van der Waals surface area contributed by atoms with E-state index in [-0.39, 0.29) is 18.2 Å². The van der Waals surface area contributed by atoms with Gasteiger partial charge in [0.25, 0.3) is 5.91 Å². The molecular weight excluding hydrogens is 392 g/mol. The van der Waals surface area contributed by atoms with E-state index >= 15 is 0 Å². The van der Waals surface area contributed by atoms with E-state index in [4.69, 9.17) is 9.47 Å². The maximum Gasteiger partial charge on any atom is 0.307 e. The first-order valence-electron chi connectivity index (χ1n) is 8.87. The topological polar surface area (TPSA) is 87.0 Å². The van der Waals surface area contributed by atoms with Gasteiger partial charge in [-0.3, -0.25) is 14.4 Å². The Labute approximate surface area is 171 Å². The number of esters is 1. The Balaban J connectivity index is 2.04. The van der Waals surface area contributed by atoms with Crippen LogP contribution in [0.2, 0.25) is 0 Å². The number of aryl methyl sites for hydroxylation is 1. The number of ketones is 1. The molecule has 2 aromatic carbocycles. The number of methoxy groups -OCH3 is 2. The number of hydrogen-bond donors (Lipinski definition) is 0. The number of Topliss-reactive ketones (excluding diaryl/α,β-unsaturated/α-hetero) is 1. The average Bonchev–Trinajstić information content (AvgIpc) is 3.07. The first-order valence-corrected chi connectivity index (χ1v) is 9.69. The quantitative estimate of drug-likeness (QED) is 0.458. The number of hydrogen-bond acceptors (Lipinski definition) is 6. The van der Waals surface area contributed by atoms with E-state index in [0.717, 1.165) is 10.2 Å². The van der Waals surface area contributed by atoms with Gasteiger partial charge in [-0.25, -0.2) is 0 Å². The molecule has 1 heterocycles. The van der Waals surface area contributed by atoms with Gasteiger partial charge in [0.2, 0.25) is 0 Å². The summed E-state index contributed by atoms with van der Waals surface area (Å²) < 4.78 is 12.7. The van der Waals surface area contributed by atoms with Gasteiger partial charge in [0.1, 0.15) is 5.75 Å². The summed E-state index contributed by atoms with van der Waals surface area (Å²) in [7, 11) is 2.91. The largest absolute Gasteiger partial charge is 0.497 e. The first kappa shape index (κ1) is 20.5. The minimum atomic E-state index is -0.426. The Morgan fingerprint density at radius 2 is 1.72 bits per heavy atom. The van der Waals surface area contributed by atoms with Crippen LogP contribution in [0.1, 0.15) is 34.1 Å². The van der Waals surface area contributed by atoms with Crippen molar-refractivity contribution in [3.8, 4) is 5.75 Å². The van der Waals surface area contributed by atoms with Crippen LogP contribution in [-0.2, 0) is 16.1 Å². The lowest BCUT2D eigenvalue weighted by Gasteiger charge is -2.06. The highest BCUT2D eigenvalue weighted by Crippen LogP contribution is 2.23. The zero-order valence-electron chi connectivity index (χ0n) is 16.3. The molecule has 0 aliphatic heterocycles. The maximum absolute atomic E-state index is 12.7. The van der Waals surface area contributed by atoms with E-state index in [9.17, 15) is 14.4 Å². The third kappa shape index (κ3) is 4.60. The van der Waals surface area contributed by atoms with E-state index in [1.54, 1.807) is 35.9 Å². The van der Waals surface area contributed by atoms with Gasteiger partial charge in [-0.2, -0.15) is 4.99 Å². The van der Waals surface area contributed by atoms with E-state index in [1.807, 2.05) is 18.2 Å².